The van der Waals surface area contributed by atoms with Crippen LogP contribution < -0.4 is 20.9 Å². The number of ether oxygens (including phenoxy) is 5. The van der Waals surface area contributed by atoms with E-state index >= 15 is 0 Å². The number of halogens is 1. The van der Waals surface area contributed by atoms with Crippen LogP contribution in [-0.4, -0.2) is 137 Å². The van der Waals surface area contributed by atoms with Gasteiger partial charge in [-0.15, -0.1) is 0 Å². The second-order valence-corrected chi connectivity index (χ2v) is 13.5. The summed E-state index contributed by atoms with van der Waals surface area (Å²) < 4.78 is 42.8. The maximum atomic E-state index is 14.7. The van der Waals surface area contributed by atoms with Crippen molar-refractivity contribution in [1.82, 2.24) is 20.9 Å². The third kappa shape index (κ3) is 10.1. The maximum absolute atomic E-state index is 14.7. The molecule has 4 heterocycles. The Bertz CT molecular complexity index is 1510. The van der Waals surface area contributed by atoms with Gasteiger partial charge >= 0.3 is 6.03 Å². The van der Waals surface area contributed by atoms with E-state index in [1.807, 2.05) is 0 Å². The van der Waals surface area contributed by atoms with Crippen molar-refractivity contribution in [3.63, 3.8) is 0 Å². The van der Waals surface area contributed by atoms with Gasteiger partial charge in [0.05, 0.1) is 51.8 Å². The van der Waals surface area contributed by atoms with Gasteiger partial charge in [-0.2, -0.15) is 0 Å². The Labute approximate surface area is 299 Å². The Morgan fingerprint density at radius 3 is 2.29 bits per heavy atom. The first kappa shape index (κ1) is 36.9. The van der Waals surface area contributed by atoms with Gasteiger partial charge in [-0.25, -0.2) is 9.18 Å². The summed E-state index contributed by atoms with van der Waals surface area (Å²) in [7, 11) is 0. The molecule has 51 heavy (non-hydrogen) atoms. The average Bonchev–Trinajstić information content (AvgIpc) is 3.72. The first-order valence-electron chi connectivity index (χ1n) is 17.2. The Balaban J connectivity index is 0.753. The lowest BCUT2D eigenvalue weighted by molar-refractivity contribution is -0.127. The molecule has 3 fully saturated rings. The number of hydrogen-bond donors (Lipinski definition) is 3. The van der Waals surface area contributed by atoms with E-state index in [9.17, 15) is 23.6 Å². The molecule has 3 saturated heterocycles. The van der Waals surface area contributed by atoms with E-state index in [1.165, 1.54) is 22.7 Å². The summed E-state index contributed by atoms with van der Waals surface area (Å²) in [5.41, 5.74) is 1.04. The molecule has 276 valence electrons. The first-order chi connectivity index (χ1) is 24.8. The number of amidine groups is 1. The molecule has 1 aromatic rings. The number of nitrogens with one attached hydrogen (secondary N) is 3. The minimum Gasteiger partial charge on any atom is -0.377 e. The Hall–Kier alpha value is -3.87. The fourth-order valence-electron chi connectivity index (χ4n) is 6.18. The van der Waals surface area contributed by atoms with Gasteiger partial charge in [-0.3, -0.25) is 29.6 Å². The van der Waals surface area contributed by atoms with Crippen molar-refractivity contribution >= 4 is 46.4 Å². The molecule has 4 unspecified atom stereocenters. The normalized spacial score (nSPS) is 24.1. The molecule has 17 heteroatoms. The zero-order valence-electron chi connectivity index (χ0n) is 28.2. The molecule has 6 rings (SSSR count). The number of rotatable bonds is 17. The topological polar surface area (TPSA) is 169 Å². The Kier molecular flexibility index (Phi) is 13.1. The van der Waals surface area contributed by atoms with Crippen LogP contribution in [0.25, 0.3) is 0 Å². The lowest BCUT2D eigenvalue weighted by Gasteiger charge is -2.32. The molecule has 0 spiro atoms. The summed E-state index contributed by atoms with van der Waals surface area (Å²) >= 11 is 1.53. The summed E-state index contributed by atoms with van der Waals surface area (Å²) in [4.78, 5) is 57.4. The van der Waals surface area contributed by atoms with E-state index in [0.29, 0.717) is 50.8 Å². The van der Waals surface area contributed by atoms with Crippen molar-refractivity contribution in [2.45, 2.75) is 43.6 Å². The van der Waals surface area contributed by atoms with Crippen LogP contribution in [0.3, 0.4) is 0 Å². The summed E-state index contributed by atoms with van der Waals surface area (Å²) in [5.74, 6) is -1.39. The number of imide groups is 1. The first-order valence-corrected chi connectivity index (χ1v) is 18.0. The van der Waals surface area contributed by atoms with Crippen LogP contribution in [-0.2, 0) is 33.3 Å². The van der Waals surface area contributed by atoms with Gasteiger partial charge in [0.1, 0.15) is 24.6 Å². The van der Waals surface area contributed by atoms with Crippen molar-refractivity contribution in [2.24, 2.45) is 4.99 Å². The molecule has 4 aliphatic heterocycles. The number of fused-ring (bicyclic) bond motifs is 3. The van der Waals surface area contributed by atoms with Crippen LogP contribution in [0.1, 0.15) is 29.6 Å². The number of carbonyl (C=O) groups excluding carboxylic acids is 4. The smallest absolute Gasteiger partial charge is 0.328 e. The molecule has 15 nitrogen and oxygen atoms in total. The van der Waals surface area contributed by atoms with E-state index in [1.54, 1.807) is 30.3 Å². The highest BCUT2D eigenvalue weighted by molar-refractivity contribution is 8.17. The number of likely N-dealkylation sites (tertiary alicyclic amines) is 1. The molecule has 2 bridgehead atoms. The molecule has 1 aliphatic carbocycles. The molecular formula is C34H43FN6O9S. The largest absolute Gasteiger partial charge is 0.377 e. The van der Waals surface area contributed by atoms with E-state index < -0.39 is 24.0 Å². The zero-order chi connectivity index (χ0) is 35.6. The van der Waals surface area contributed by atoms with Crippen molar-refractivity contribution in [3.05, 3.63) is 52.7 Å². The fourth-order valence-corrected chi connectivity index (χ4v) is 7.27. The van der Waals surface area contributed by atoms with E-state index in [4.69, 9.17) is 28.7 Å². The number of anilines is 1. The molecular weight excluding hydrogens is 687 g/mol. The van der Waals surface area contributed by atoms with Gasteiger partial charge in [0.25, 0.3) is 5.91 Å². The molecule has 5 amide bonds. The van der Waals surface area contributed by atoms with Crippen molar-refractivity contribution in [3.8, 4) is 0 Å². The lowest BCUT2D eigenvalue weighted by atomic mass is 10.0. The zero-order valence-corrected chi connectivity index (χ0v) is 29.0. The predicted octanol–water partition coefficient (Wildman–Crippen LogP) is 1.50. The summed E-state index contributed by atoms with van der Waals surface area (Å²) in [6, 6.07) is 5.58. The monoisotopic (exact) mass is 730 g/mol. The Morgan fingerprint density at radius 1 is 0.941 bits per heavy atom. The number of nitrogens with zero attached hydrogens (tertiary/aromatic N) is 3. The average molecular weight is 731 g/mol. The van der Waals surface area contributed by atoms with Crippen LogP contribution in [0.5, 0.6) is 0 Å². The number of aliphatic imine (C=N–C) groups is 1. The minimum absolute atomic E-state index is 0.221. The second kappa shape index (κ2) is 18.1. The SMILES string of the molecule is O=C(COC1C(F)=CC=C2SC(N3CC4CCC(C3)O4)=NC21)NCCOCCOCCOCCNC(=O)c1ccc(N2CCC(=O)NC2=O)cc1. The standard InChI is InChI=1S/C34H43FN6O9S/c35-26-7-8-27-30(39-34(51-27)40-19-24-5-6-25(20-40)50-24)31(26)49-21-29(43)36-10-13-46-15-17-48-18-16-47-14-11-37-32(44)22-1-3-23(4-2-22)41-12-9-28(42)38-33(41)45/h1-4,7-8,24-25,30-31H,5-6,9-21H2,(H,36,43)(H,37,44)(H,38,42,45). The number of benzene rings is 1. The highest BCUT2D eigenvalue weighted by Crippen LogP contribution is 2.41. The van der Waals surface area contributed by atoms with Gasteiger partial charge in [-0.1, -0.05) is 11.8 Å². The van der Waals surface area contributed by atoms with Crippen LogP contribution in [0.2, 0.25) is 0 Å². The number of amides is 5. The quantitative estimate of drug-likeness (QED) is 0.199. The molecule has 1 aromatic carbocycles. The number of morpholine rings is 1. The molecule has 0 saturated carbocycles. The fraction of sp³-hybridized carbons (Fsp3) is 0.559. The van der Waals surface area contributed by atoms with Crippen LogP contribution >= 0.6 is 11.8 Å². The van der Waals surface area contributed by atoms with E-state index in [2.05, 4.69) is 20.9 Å². The molecule has 5 aliphatic rings. The molecule has 0 radical (unpaired) electrons. The van der Waals surface area contributed by atoms with E-state index in [0.717, 1.165) is 36.0 Å². The second-order valence-electron chi connectivity index (χ2n) is 12.4. The van der Waals surface area contributed by atoms with Crippen molar-refractivity contribution in [1.29, 1.82) is 0 Å². The highest BCUT2D eigenvalue weighted by atomic mass is 32.2. The number of thioether (sulfide) groups is 1. The predicted molar refractivity (Wildman–Crippen MR) is 185 cm³/mol. The van der Waals surface area contributed by atoms with Gasteiger partial charge in [0, 0.05) is 55.3 Å². The van der Waals surface area contributed by atoms with E-state index in [-0.39, 0.29) is 62.7 Å². The lowest BCUT2D eigenvalue weighted by Crippen LogP contribution is -2.49. The Morgan fingerprint density at radius 2 is 1.61 bits per heavy atom. The minimum atomic E-state index is -0.939. The third-order valence-electron chi connectivity index (χ3n) is 8.76. The maximum Gasteiger partial charge on any atom is 0.328 e. The third-order valence-corrected chi connectivity index (χ3v) is 9.92. The van der Waals surface area contributed by atoms with Crippen LogP contribution in [0.15, 0.2) is 52.1 Å². The van der Waals surface area contributed by atoms with Gasteiger partial charge in [-0.05, 0) is 49.3 Å². The van der Waals surface area contributed by atoms with Crippen molar-refractivity contribution in [2.75, 3.05) is 83.9 Å². The highest BCUT2D eigenvalue weighted by Gasteiger charge is 2.42. The van der Waals surface area contributed by atoms with Gasteiger partial charge in [0.2, 0.25) is 11.8 Å². The molecule has 4 atom stereocenters. The summed E-state index contributed by atoms with van der Waals surface area (Å²) in [5, 5.41) is 8.61. The molecule has 3 N–H and O–H groups in total. The van der Waals surface area contributed by atoms with Gasteiger partial charge in [0.15, 0.2) is 5.17 Å². The van der Waals surface area contributed by atoms with Crippen LogP contribution in [0, 0.1) is 0 Å². The van der Waals surface area contributed by atoms with Gasteiger partial charge < -0.3 is 39.2 Å². The number of carbonyl (C=O) groups is 4. The van der Waals surface area contributed by atoms with Crippen LogP contribution in [0.4, 0.5) is 14.9 Å². The summed E-state index contributed by atoms with van der Waals surface area (Å²) in [6.07, 6.45) is 4.97. The summed E-state index contributed by atoms with van der Waals surface area (Å²) in [6.45, 7) is 4.11. The molecule has 0 aromatic heterocycles. The van der Waals surface area contributed by atoms with Crippen molar-refractivity contribution < 1.29 is 47.3 Å². The number of allylic oxidation sites excluding steroid dienone is 2. The number of hydrogen-bond acceptors (Lipinski definition) is 12. The number of urea groups is 1.